The molecule has 1 amide bonds. The van der Waals surface area contributed by atoms with Gasteiger partial charge in [-0.1, -0.05) is 23.5 Å². The molecule has 3 aromatic rings. The molecule has 1 aliphatic rings. The largest absolute Gasteiger partial charge is 0.497 e. The van der Waals surface area contributed by atoms with Crippen LogP contribution in [0.5, 0.6) is 17.2 Å². The van der Waals surface area contributed by atoms with E-state index < -0.39 is 18.6 Å². The monoisotopic (exact) mass is 565 g/mol. The van der Waals surface area contributed by atoms with Gasteiger partial charge >= 0.3 is 5.97 Å². The number of carboxylic acid groups (broad SMARTS) is 1. The van der Waals surface area contributed by atoms with Crippen molar-refractivity contribution in [3.05, 3.63) is 84.5 Å². The first-order valence-corrected chi connectivity index (χ1v) is 13.5. The summed E-state index contributed by atoms with van der Waals surface area (Å²) in [6.45, 7) is 6.11. The van der Waals surface area contributed by atoms with E-state index in [0.717, 1.165) is 0 Å². The number of aromatic nitrogens is 1. The molecular weight excluding hydrogens is 534 g/mol. The van der Waals surface area contributed by atoms with Gasteiger partial charge in [0.15, 0.2) is 11.4 Å². The minimum atomic E-state index is -1.09. The predicted octanol–water partition coefficient (Wildman–Crippen LogP) is 2.58. The Morgan fingerprint density at radius 3 is 2.50 bits per heavy atom. The molecule has 0 bridgehead atoms. The highest BCUT2D eigenvalue weighted by Gasteiger charge is 2.36. The van der Waals surface area contributed by atoms with E-state index in [4.69, 9.17) is 24.3 Å². The van der Waals surface area contributed by atoms with Crippen LogP contribution in [0.25, 0.3) is 6.08 Å². The highest BCUT2D eigenvalue weighted by molar-refractivity contribution is 7.07. The molecule has 10 nitrogen and oxygen atoms in total. The fourth-order valence-electron chi connectivity index (χ4n) is 4.61. The van der Waals surface area contributed by atoms with Gasteiger partial charge in [0.2, 0.25) is 0 Å². The molecule has 0 unspecified atom stereocenters. The number of methoxy groups -OCH3 is 2. The number of carboxylic acids is 1. The molecule has 1 aliphatic heterocycles. The maximum absolute atomic E-state index is 14.0. The van der Waals surface area contributed by atoms with Crippen LogP contribution in [0.3, 0.4) is 0 Å². The van der Waals surface area contributed by atoms with Crippen molar-refractivity contribution in [2.45, 2.75) is 26.8 Å². The minimum absolute atomic E-state index is 0.210. The first kappa shape index (κ1) is 28.6. The molecule has 210 valence electrons. The lowest BCUT2D eigenvalue weighted by molar-refractivity contribution is -0.139. The van der Waals surface area contributed by atoms with Gasteiger partial charge in [-0.05, 0) is 62.7 Å². The average Bonchev–Trinajstić information content (AvgIpc) is 3.25. The lowest BCUT2D eigenvalue weighted by atomic mass is 9.93. The van der Waals surface area contributed by atoms with Gasteiger partial charge in [-0.3, -0.25) is 14.2 Å². The number of hydrogen-bond acceptors (Lipinski definition) is 8. The maximum atomic E-state index is 14.0. The number of fused-ring (bicyclic) bond motifs is 1. The van der Waals surface area contributed by atoms with Crippen LogP contribution in [0.2, 0.25) is 0 Å². The van der Waals surface area contributed by atoms with Gasteiger partial charge in [-0.2, -0.15) is 0 Å². The Morgan fingerprint density at radius 1 is 1.10 bits per heavy atom. The fourth-order valence-corrected chi connectivity index (χ4v) is 5.66. The predicted molar refractivity (Wildman–Crippen MR) is 151 cm³/mol. The van der Waals surface area contributed by atoms with Gasteiger partial charge in [0.1, 0.15) is 23.3 Å². The number of nitrogens with zero attached hydrogens (tertiary/aromatic N) is 3. The summed E-state index contributed by atoms with van der Waals surface area (Å²) in [5.74, 6) is 0.130. The van der Waals surface area contributed by atoms with Crippen molar-refractivity contribution in [3.8, 4) is 17.2 Å². The first-order valence-electron chi connectivity index (χ1n) is 12.7. The molecule has 0 saturated carbocycles. The number of rotatable bonds is 10. The van der Waals surface area contributed by atoms with Crippen LogP contribution in [-0.2, 0) is 9.59 Å². The number of carbonyl (C=O) groups excluding carboxylic acids is 1. The van der Waals surface area contributed by atoms with E-state index in [1.54, 1.807) is 67.5 Å². The number of carbonyl (C=O) groups is 2. The van der Waals surface area contributed by atoms with Crippen LogP contribution in [0.15, 0.2) is 63.5 Å². The Bertz CT molecular complexity index is 1650. The number of aliphatic carboxylic acids is 1. The molecule has 2 heterocycles. The van der Waals surface area contributed by atoms with E-state index in [1.807, 2.05) is 13.8 Å². The summed E-state index contributed by atoms with van der Waals surface area (Å²) in [5.41, 5.74) is 1.83. The molecule has 1 aromatic heterocycles. The van der Waals surface area contributed by atoms with Crippen molar-refractivity contribution < 1.29 is 28.9 Å². The summed E-state index contributed by atoms with van der Waals surface area (Å²) in [5, 5.41) is 8.91. The van der Waals surface area contributed by atoms with E-state index in [1.165, 1.54) is 23.0 Å². The third-order valence-corrected chi connectivity index (χ3v) is 7.54. The van der Waals surface area contributed by atoms with E-state index in [-0.39, 0.29) is 11.5 Å². The molecule has 40 heavy (non-hydrogen) atoms. The molecular formula is C29H31N3O7S. The van der Waals surface area contributed by atoms with Gasteiger partial charge < -0.3 is 24.2 Å². The van der Waals surface area contributed by atoms with Crippen LogP contribution in [0.1, 0.15) is 37.9 Å². The Hall–Kier alpha value is -4.38. The molecule has 0 fully saturated rings. The molecule has 1 atom stereocenters. The van der Waals surface area contributed by atoms with E-state index in [9.17, 15) is 14.4 Å². The quantitative estimate of drug-likeness (QED) is 0.401. The summed E-state index contributed by atoms with van der Waals surface area (Å²) >= 11 is 1.20. The van der Waals surface area contributed by atoms with Crippen molar-refractivity contribution in [1.29, 1.82) is 0 Å². The maximum Gasteiger partial charge on any atom is 0.341 e. The topological polar surface area (TPSA) is 120 Å². The second kappa shape index (κ2) is 12.2. The first-order chi connectivity index (χ1) is 19.2. The summed E-state index contributed by atoms with van der Waals surface area (Å²) in [6.07, 6.45) is 1.70. The van der Waals surface area contributed by atoms with Gasteiger partial charge in [0.25, 0.3) is 11.5 Å². The van der Waals surface area contributed by atoms with Crippen molar-refractivity contribution in [3.63, 3.8) is 0 Å². The summed E-state index contributed by atoms with van der Waals surface area (Å²) in [6, 6.07) is 11.3. The van der Waals surface area contributed by atoms with Crippen molar-refractivity contribution in [2.75, 3.05) is 33.9 Å². The zero-order valence-corrected chi connectivity index (χ0v) is 23.8. The molecule has 0 spiro atoms. The Labute approximate surface area is 235 Å². The lowest BCUT2D eigenvalue weighted by Gasteiger charge is -2.30. The average molecular weight is 566 g/mol. The third-order valence-electron chi connectivity index (χ3n) is 6.55. The number of likely N-dealkylation sites (N-methyl/N-ethyl adjacent to an activating group) is 1. The second-order valence-corrected chi connectivity index (χ2v) is 9.93. The van der Waals surface area contributed by atoms with E-state index >= 15 is 0 Å². The van der Waals surface area contributed by atoms with E-state index in [0.29, 0.717) is 62.1 Å². The number of allylic oxidation sites excluding steroid dienone is 1. The number of hydrogen-bond donors (Lipinski definition) is 1. The zero-order chi connectivity index (χ0) is 29.0. The molecule has 4 rings (SSSR count). The SMILES string of the molecule is CCN(CC)C(=O)C1=C(C)N=c2s/c(=C/c3cccc(OCC(=O)O)c3)c(=O)n2[C@H]1c1cc(OC)ccc1OC. The van der Waals surface area contributed by atoms with Crippen molar-refractivity contribution >= 4 is 29.3 Å². The molecule has 0 saturated heterocycles. The van der Waals surface area contributed by atoms with Gasteiger partial charge in [-0.25, -0.2) is 9.79 Å². The molecule has 11 heteroatoms. The molecule has 0 aliphatic carbocycles. The Kier molecular flexibility index (Phi) is 8.73. The molecule has 0 radical (unpaired) electrons. The van der Waals surface area contributed by atoms with Gasteiger partial charge in [0, 0.05) is 18.7 Å². The Morgan fingerprint density at radius 2 is 1.85 bits per heavy atom. The van der Waals surface area contributed by atoms with Crippen LogP contribution >= 0.6 is 11.3 Å². The van der Waals surface area contributed by atoms with E-state index in [2.05, 4.69) is 0 Å². The zero-order valence-electron chi connectivity index (χ0n) is 23.0. The van der Waals surface area contributed by atoms with Gasteiger partial charge in [0.05, 0.1) is 30.0 Å². The van der Waals surface area contributed by atoms with Crippen molar-refractivity contribution in [2.24, 2.45) is 4.99 Å². The van der Waals surface area contributed by atoms with Crippen LogP contribution in [0, 0.1) is 0 Å². The van der Waals surface area contributed by atoms with Crippen LogP contribution in [0.4, 0.5) is 0 Å². The normalized spacial score (nSPS) is 14.8. The molecule has 2 aromatic carbocycles. The highest BCUT2D eigenvalue weighted by atomic mass is 32.1. The number of benzene rings is 2. The van der Waals surface area contributed by atoms with Gasteiger partial charge in [-0.15, -0.1) is 0 Å². The standard InChI is InChI=1S/C29H31N3O7S/c1-6-31(7-2)28(36)25-17(3)30-29-32(26(25)21-15-19(37-4)11-12-22(21)38-5)27(35)23(40-29)14-18-9-8-10-20(13-18)39-16-24(33)34/h8-15,26H,6-7,16H2,1-5H3,(H,33,34)/b23-14+/t26-/m0/s1. The minimum Gasteiger partial charge on any atom is -0.497 e. The summed E-state index contributed by atoms with van der Waals surface area (Å²) < 4.78 is 18.4. The number of thiazole rings is 1. The van der Waals surface area contributed by atoms with Crippen molar-refractivity contribution in [1.82, 2.24) is 9.47 Å². The lowest BCUT2D eigenvalue weighted by Crippen LogP contribution is -2.43. The third kappa shape index (κ3) is 5.64. The fraction of sp³-hybridized carbons (Fsp3) is 0.310. The number of amides is 1. The molecule has 1 N–H and O–H groups in total. The second-order valence-electron chi connectivity index (χ2n) is 8.92. The number of ether oxygens (including phenoxy) is 3. The van der Waals surface area contributed by atoms with Crippen LogP contribution < -0.4 is 29.1 Å². The summed E-state index contributed by atoms with van der Waals surface area (Å²) in [7, 11) is 3.09. The Balaban J connectivity index is 1.94. The highest BCUT2D eigenvalue weighted by Crippen LogP contribution is 2.38. The smallest absolute Gasteiger partial charge is 0.341 e. The summed E-state index contributed by atoms with van der Waals surface area (Å²) in [4.78, 5) is 45.6. The van der Waals surface area contributed by atoms with Crippen LogP contribution in [-0.4, -0.2) is 60.4 Å².